The van der Waals surface area contributed by atoms with Crippen LogP contribution in [0, 0.1) is 0 Å². The molecular formula is C25H35N5O2. The second kappa shape index (κ2) is 13.1. The summed E-state index contributed by atoms with van der Waals surface area (Å²) in [6, 6.07) is 15.5. The summed E-state index contributed by atoms with van der Waals surface area (Å²) < 4.78 is 0. The lowest BCUT2D eigenvalue weighted by molar-refractivity contribution is -0.116. The van der Waals surface area contributed by atoms with Gasteiger partial charge in [0.15, 0.2) is 5.96 Å². The molecular weight excluding hydrogens is 402 g/mol. The fraction of sp³-hybridized carbons (Fsp3) is 0.400. The molecule has 0 atom stereocenters. The average molecular weight is 438 g/mol. The van der Waals surface area contributed by atoms with Gasteiger partial charge in [0.1, 0.15) is 0 Å². The second-order valence-electron chi connectivity index (χ2n) is 7.77. The van der Waals surface area contributed by atoms with Crippen molar-refractivity contribution < 1.29 is 9.59 Å². The van der Waals surface area contributed by atoms with E-state index in [4.69, 9.17) is 0 Å². The third-order valence-corrected chi connectivity index (χ3v) is 4.74. The van der Waals surface area contributed by atoms with E-state index in [-0.39, 0.29) is 11.8 Å². The molecule has 0 heterocycles. The first kappa shape index (κ1) is 24.9. The smallest absolute Gasteiger partial charge is 0.253 e. The minimum Gasteiger partial charge on any atom is -0.357 e. The molecule has 7 heteroatoms. The van der Waals surface area contributed by atoms with E-state index >= 15 is 0 Å². The Morgan fingerprint density at radius 3 is 2.44 bits per heavy atom. The molecule has 0 spiro atoms. The Kier molecular flexibility index (Phi) is 10.2. The number of benzene rings is 2. The maximum Gasteiger partial charge on any atom is 0.253 e. The molecule has 2 aromatic rings. The lowest BCUT2D eigenvalue weighted by atomic mass is 10.1. The van der Waals surface area contributed by atoms with E-state index in [2.05, 4.69) is 20.9 Å². The molecule has 0 saturated carbocycles. The molecule has 3 N–H and O–H groups in total. The van der Waals surface area contributed by atoms with Crippen LogP contribution in [-0.4, -0.2) is 49.9 Å². The van der Waals surface area contributed by atoms with Crippen molar-refractivity contribution in [3.63, 3.8) is 0 Å². The number of rotatable bonds is 10. The van der Waals surface area contributed by atoms with Crippen LogP contribution in [0.5, 0.6) is 0 Å². The van der Waals surface area contributed by atoms with Gasteiger partial charge < -0.3 is 20.9 Å². The fourth-order valence-electron chi connectivity index (χ4n) is 3.15. The number of hydrogen-bond acceptors (Lipinski definition) is 3. The lowest BCUT2D eigenvalue weighted by Crippen LogP contribution is -2.38. The minimum absolute atomic E-state index is 0.00262. The molecule has 2 rings (SSSR count). The molecule has 0 fully saturated rings. The minimum atomic E-state index is 0.00262. The predicted octanol–water partition coefficient (Wildman–Crippen LogP) is 3.42. The average Bonchev–Trinajstić information content (AvgIpc) is 2.77. The van der Waals surface area contributed by atoms with E-state index in [1.165, 1.54) is 0 Å². The topological polar surface area (TPSA) is 85.8 Å². The summed E-state index contributed by atoms with van der Waals surface area (Å²) in [6.07, 6.45) is 2.12. The van der Waals surface area contributed by atoms with Crippen LogP contribution in [0.15, 0.2) is 53.5 Å². The Morgan fingerprint density at radius 2 is 1.72 bits per heavy atom. The molecule has 0 radical (unpaired) electrons. The van der Waals surface area contributed by atoms with Gasteiger partial charge in [-0.3, -0.25) is 9.59 Å². The second-order valence-corrected chi connectivity index (χ2v) is 7.77. The summed E-state index contributed by atoms with van der Waals surface area (Å²) in [5.41, 5.74) is 3.60. The van der Waals surface area contributed by atoms with Crippen molar-refractivity contribution in [2.75, 3.05) is 32.5 Å². The maximum absolute atomic E-state index is 12.2. The Balaban J connectivity index is 1.94. The highest BCUT2D eigenvalue weighted by Crippen LogP contribution is 2.12. The van der Waals surface area contributed by atoms with Crippen LogP contribution in [0.1, 0.15) is 48.2 Å². The van der Waals surface area contributed by atoms with E-state index < -0.39 is 0 Å². The first-order chi connectivity index (χ1) is 15.4. The standard InChI is InChI=1S/C25H35N5O2/c1-5-9-23(31)29-22-13-8-11-20(17-22)18-28-25(26-6-2)27-15-14-19-10-7-12-21(16-19)24(32)30(3)4/h7-8,10-13,16-17H,5-6,9,14-15,18H2,1-4H3,(H,29,31)(H2,26,27,28). The van der Waals surface area contributed by atoms with Crippen molar-refractivity contribution in [1.82, 2.24) is 15.5 Å². The monoisotopic (exact) mass is 437 g/mol. The number of hydrogen-bond donors (Lipinski definition) is 3. The molecule has 2 aromatic carbocycles. The molecule has 0 aliphatic carbocycles. The van der Waals surface area contributed by atoms with Crippen molar-refractivity contribution in [1.29, 1.82) is 0 Å². The summed E-state index contributed by atoms with van der Waals surface area (Å²) in [7, 11) is 3.51. The van der Waals surface area contributed by atoms with Gasteiger partial charge in [-0.05, 0) is 55.2 Å². The highest BCUT2D eigenvalue weighted by atomic mass is 16.2. The van der Waals surface area contributed by atoms with E-state index in [0.29, 0.717) is 25.1 Å². The summed E-state index contributed by atoms with van der Waals surface area (Å²) in [6.45, 7) is 5.96. The van der Waals surface area contributed by atoms with Gasteiger partial charge in [-0.15, -0.1) is 0 Å². The molecule has 0 aliphatic rings. The first-order valence-electron chi connectivity index (χ1n) is 11.1. The van der Waals surface area contributed by atoms with Crippen molar-refractivity contribution in [2.24, 2.45) is 4.99 Å². The molecule has 32 heavy (non-hydrogen) atoms. The Morgan fingerprint density at radius 1 is 0.969 bits per heavy atom. The van der Waals surface area contributed by atoms with E-state index in [9.17, 15) is 9.59 Å². The predicted molar refractivity (Wildman–Crippen MR) is 131 cm³/mol. The molecule has 172 valence electrons. The summed E-state index contributed by atoms with van der Waals surface area (Å²) in [4.78, 5) is 30.2. The van der Waals surface area contributed by atoms with Gasteiger partial charge in [0.05, 0.1) is 6.54 Å². The first-order valence-corrected chi connectivity index (χ1v) is 11.1. The normalized spacial score (nSPS) is 11.1. The van der Waals surface area contributed by atoms with Crippen LogP contribution in [0.4, 0.5) is 5.69 Å². The third-order valence-electron chi connectivity index (χ3n) is 4.74. The Labute approximate surface area is 191 Å². The zero-order valence-electron chi connectivity index (χ0n) is 19.6. The van der Waals surface area contributed by atoms with Crippen molar-refractivity contribution in [3.8, 4) is 0 Å². The third kappa shape index (κ3) is 8.41. The number of carbonyl (C=O) groups is 2. The van der Waals surface area contributed by atoms with Gasteiger partial charge in [0, 0.05) is 44.9 Å². The molecule has 0 unspecified atom stereocenters. The molecule has 0 aromatic heterocycles. The van der Waals surface area contributed by atoms with Gasteiger partial charge >= 0.3 is 0 Å². The van der Waals surface area contributed by atoms with Crippen LogP contribution in [-0.2, 0) is 17.8 Å². The Hall–Kier alpha value is -3.35. The zero-order chi connectivity index (χ0) is 23.3. The van der Waals surface area contributed by atoms with Gasteiger partial charge in [-0.2, -0.15) is 0 Å². The van der Waals surface area contributed by atoms with Gasteiger partial charge in [0.2, 0.25) is 5.91 Å². The maximum atomic E-state index is 12.2. The van der Waals surface area contributed by atoms with Crippen LogP contribution >= 0.6 is 0 Å². The number of carbonyl (C=O) groups excluding carboxylic acids is 2. The number of amides is 2. The molecule has 7 nitrogen and oxygen atoms in total. The summed E-state index contributed by atoms with van der Waals surface area (Å²) in [5.74, 6) is 0.760. The largest absolute Gasteiger partial charge is 0.357 e. The van der Waals surface area contributed by atoms with Crippen LogP contribution in [0.2, 0.25) is 0 Å². The van der Waals surface area contributed by atoms with E-state index in [0.717, 1.165) is 42.2 Å². The molecule has 0 saturated heterocycles. The number of nitrogens with zero attached hydrogens (tertiary/aromatic N) is 2. The highest BCUT2D eigenvalue weighted by Gasteiger charge is 2.08. The number of anilines is 1. The number of nitrogens with one attached hydrogen (secondary N) is 3. The molecule has 2 amide bonds. The summed E-state index contributed by atoms with van der Waals surface area (Å²) in [5, 5.41) is 9.53. The van der Waals surface area contributed by atoms with Crippen molar-refractivity contribution in [3.05, 3.63) is 65.2 Å². The van der Waals surface area contributed by atoms with Crippen LogP contribution < -0.4 is 16.0 Å². The molecule has 0 bridgehead atoms. The summed E-state index contributed by atoms with van der Waals surface area (Å²) >= 11 is 0. The highest BCUT2D eigenvalue weighted by molar-refractivity contribution is 5.94. The fourth-order valence-corrected chi connectivity index (χ4v) is 3.15. The van der Waals surface area contributed by atoms with Crippen molar-refractivity contribution >= 4 is 23.5 Å². The van der Waals surface area contributed by atoms with Crippen LogP contribution in [0.3, 0.4) is 0 Å². The van der Waals surface area contributed by atoms with Crippen LogP contribution in [0.25, 0.3) is 0 Å². The van der Waals surface area contributed by atoms with Gasteiger partial charge in [-0.1, -0.05) is 31.2 Å². The molecule has 0 aliphatic heterocycles. The number of aliphatic imine (C=N–C) groups is 1. The van der Waals surface area contributed by atoms with Gasteiger partial charge in [0.25, 0.3) is 5.91 Å². The van der Waals surface area contributed by atoms with E-state index in [1.807, 2.05) is 62.4 Å². The van der Waals surface area contributed by atoms with E-state index in [1.54, 1.807) is 19.0 Å². The van der Waals surface area contributed by atoms with Crippen molar-refractivity contribution in [2.45, 2.75) is 39.7 Å². The zero-order valence-corrected chi connectivity index (χ0v) is 19.6. The quantitative estimate of drug-likeness (QED) is 0.393. The Bertz CT molecular complexity index is 924. The van der Waals surface area contributed by atoms with Gasteiger partial charge in [-0.25, -0.2) is 4.99 Å². The SMILES string of the molecule is CCCC(=O)Nc1cccc(CN=C(NCC)NCCc2cccc(C(=O)N(C)C)c2)c1. The number of guanidine groups is 1. The lowest BCUT2D eigenvalue weighted by Gasteiger charge is -2.13.